The Labute approximate surface area is 158 Å². The van der Waals surface area contributed by atoms with Crippen molar-refractivity contribution < 1.29 is 14.3 Å². The van der Waals surface area contributed by atoms with E-state index in [0.29, 0.717) is 15.8 Å². The van der Waals surface area contributed by atoms with Crippen molar-refractivity contribution >= 4 is 46.3 Å². The Balaban J connectivity index is 1.94. The molecule has 1 aromatic carbocycles. The van der Waals surface area contributed by atoms with Crippen LogP contribution in [0.25, 0.3) is 6.08 Å². The maximum Gasteiger partial charge on any atom is 0.307 e. The first kappa shape index (κ1) is 19.7. The lowest BCUT2D eigenvalue weighted by atomic mass is 10.1. The molecule has 6 heteroatoms. The molecule has 1 aromatic rings. The molecule has 1 amide bonds. The quantitative estimate of drug-likeness (QED) is 0.294. The van der Waals surface area contributed by atoms with Crippen LogP contribution in [-0.4, -0.2) is 34.2 Å². The minimum atomic E-state index is -0.290. The molecule has 4 nitrogen and oxygen atoms in total. The first-order chi connectivity index (χ1) is 12.0. The van der Waals surface area contributed by atoms with Crippen molar-refractivity contribution in [2.75, 3.05) is 13.2 Å². The zero-order chi connectivity index (χ0) is 18.2. The summed E-state index contributed by atoms with van der Waals surface area (Å²) >= 11 is 6.56. The summed E-state index contributed by atoms with van der Waals surface area (Å²) in [4.78, 5) is 26.3. The van der Waals surface area contributed by atoms with Gasteiger partial charge in [-0.25, -0.2) is 0 Å². The van der Waals surface area contributed by atoms with Gasteiger partial charge in [0.1, 0.15) is 4.32 Å². The summed E-state index contributed by atoms with van der Waals surface area (Å²) in [6.07, 6.45) is 4.82. The van der Waals surface area contributed by atoms with Gasteiger partial charge >= 0.3 is 5.97 Å². The molecule has 1 fully saturated rings. The number of carbonyl (C=O) groups is 2. The van der Waals surface area contributed by atoms with Crippen molar-refractivity contribution in [1.82, 2.24) is 4.90 Å². The molecule has 0 spiro atoms. The SMILES string of the molecule is CCCCOC(=O)CCN1C(=O)/C(=C\c2ccc(CC)cc2)SC1=S. The van der Waals surface area contributed by atoms with Gasteiger partial charge in [-0.1, -0.05) is 68.5 Å². The van der Waals surface area contributed by atoms with Crippen molar-refractivity contribution in [2.24, 2.45) is 0 Å². The lowest BCUT2D eigenvalue weighted by Gasteiger charge is -2.13. The Morgan fingerprint density at radius 2 is 2.00 bits per heavy atom. The molecule has 0 atom stereocenters. The summed E-state index contributed by atoms with van der Waals surface area (Å²) in [6.45, 7) is 4.84. The maximum atomic E-state index is 12.5. The second-order valence-corrected chi connectivity index (χ2v) is 7.43. The van der Waals surface area contributed by atoms with Crippen LogP contribution in [0.1, 0.15) is 44.2 Å². The Hall–Kier alpha value is -1.66. The molecule has 1 heterocycles. The number of carbonyl (C=O) groups excluding carboxylic acids is 2. The first-order valence-electron chi connectivity index (χ1n) is 8.55. The lowest BCUT2D eigenvalue weighted by molar-refractivity contribution is -0.144. The third-order valence-corrected chi connectivity index (χ3v) is 5.24. The second kappa shape index (κ2) is 9.73. The van der Waals surface area contributed by atoms with E-state index >= 15 is 0 Å². The molecule has 0 bridgehead atoms. The molecule has 1 aliphatic heterocycles. The summed E-state index contributed by atoms with van der Waals surface area (Å²) < 4.78 is 5.60. The fourth-order valence-electron chi connectivity index (χ4n) is 2.30. The predicted octanol–water partition coefficient (Wildman–Crippen LogP) is 4.18. The van der Waals surface area contributed by atoms with Crippen molar-refractivity contribution in [3.63, 3.8) is 0 Å². The molecule has 0 aliphatic carbocycles. The molecular weight excluding hydrogens is 354 g/mol. The monoisotopic (exact) mass is 377 g/mol. The molecule has 1 saturated heterocycles. The number of thioether (sulfide) groups is 1. The fourth-order valence-corrected chi connectivity index (χ4v) is 3.61. The predicted molar refractivity (Wildman–Crippen MR) is 106 cm³/mol. The average molecular weight is 378 g/mol. The molecule has 2 rings (SSSR count). The van der Waals surface area contributed by atoms with Crippen LogP contribution in [0.15, 0.2) is 29.2 Å². The third-order valence-electron chi connectivity index (χ3n) is 3.86. The van der Waals surface area contributed by atoms with Gasteiger partial charge in [0, 0.05) is 6.54 Å². The van der Waals surface area contributed by atoms with E-state index in [4.69, 9.17) is 17.0 Å². The number of hydrogen-bond acceptors (Lipinski definition) is 5. The van der Waals surface area contributed by atoms with Crippen LogP contribution in [-0.2, 0) is 20.7 Å². The highest BCUT2D eigenvalue weighted by Crippen LogP contribution is 2.32. The Kier molecular flexibility index (Phi) is 7.65. The van der Waals surface area contributed by atoms with E-state index in [2.05, 4.69) is 19.1 Å². The molecule has 0 N–H and O–H groups in total. The van der Waals surface area contributed by atoms with Crippen LogP contribution in [0.3, 0.4) is 0 Å². The number of benzene rings is 1. The molecule has 0 aromatic heterocycles. The van der Waals surface area contributed by atoms with Crippen LogP contribution in [0, 0.1) is 0 Å². The van der Waals surface area contributed by atoms with Crippen molar-refractivity contribution in [3.8, 4) is 0 Å². The van der Waals surface area contributed by atoms with Crippen LogP contribution in [0.2, 0.25) is 0 Å². The van der Waals surface area contributed by atoms with E-state index in [1.807, 2.05) is 25.1 Å². The van der Waals surface area contributed by atoms with Crippen LogP contribution >= 0.6 is 24.0 Å². The fraction of sp³-hybridized carbons (Fsp3) is 0.421. The van der Waals surface area contributed by atoms with Crippen LogP contribution in [0.5, 0.6) is 0 Å². The minimum absolute atomic E-state index is 0.143. The van der Waals surface area contributed by atoms with E-state index in [1.165, 1.54) is 22.2 Å². The molecule has 0 unspecified atom stereocenters. The highest BCUT2D eigenvalue weighted by atomic mass is 32.2. The second-order valence-electron chi connectivity index (χ2n) is 5.75. The van der Waals surface area contributed by atoms with Gasteiger partial charge in [0.15, 0.2) is 0 Å². The van der Waals surface area contributed by atoms with Gasteiger partial charge in [0.2, 0.25) is 0 Å². The summed E-state index contributed by atoms with van der Waals surface area (Å²) in [5.74, 6) is -0.433. The number of amides is 1. The number of ether oxygens (including phenoxy) is 1. The summed E-state index contributed by atoms with van der Waals surface area (Å²) in [5.41, 5.74) is 2.22. The molecule has 25 heavy (non-hydrogen) atoms. The van der Waals surface area contributed by atoms with Crippen molar-refractivity contribution in [1.29, 1.82) is 0 Å². The molecule has 0 radical (unpaired) electrons. The Morgan fingerprint density at radius 3 is 2.64 bits per heavy atom. The summed E-state index contributed by atoms with van der Waals surface area (Å²) in [6, 6.07) is 8.10. The van der Waals surface area contributed by atoms with Crippen molar-refractivity contribution in [3.05, 3.63) is 40.3 Å². The number of aryl methyl sites for hydroxylation is 1. The number of unbranched alkanes of at least 4 members (excludes halogenated alkanes) is 1. The number of nitrogens with zero attached hydrogens (tertiary/aromatic N) is 1. The van der Waals surface area contributed by atoms with Gasteiger partial charge in [0.05, 0.1) is 17.9 Å². The van der Waals surface area contributed by atoms with Gasteiger partial charge in [0.25, 0.3) is 5.91 Å². The molecule has 0 saturated carbocycles. The van der Waals surface area contributed by atoms with E-state index < -0.39 is 0 Å². The number of esters is 1. The van der Waals surface area contributed by atoms with Gasteiger partial charge in [-0.2, -0.15) is 0 Å². The molecular formula is C19H23NO3S2. The van der Waals surface area contributed by atoms with Gasteiger partial charge in [-0.3, -0.25) is 14.5 Å². The normalized spacial score (nSPS) is 15.9. The average Bonchev–Trinajstić information content (AvgIpc) is 2.87. The number of thiocarbonyl (C=S) groups is 1. The van der Waals surface area contributed by atoms with Gasteiger partial charge in [-0.05, 0) is 30.0 Å². The molecule has 1 aliphatic rings. The van der Waals surface area contributed by atoms with E-state index in [-0.39, 0.29) is 24.8 Å². The standard InChI is InChI=1S/C19H23NO3S2/c1-3-5-12-23-17(21)10-11-20-18(22)16(25-19(20)24)13-15-8-6-14(4-2)7-9-15/h6-9,13H,3-5,10-12H2,1-2H3/b16-13+. The van der Waals surface area contributed by atoms with E-state index in [0.717, 1.165) is 24.8 Å². The van der Waals surface area contributed by atoms with Crippen LogP contribution in [0.4, 0.5) is 0 Å². The topological polar surface area (TPSA) is 46.6 Å². The molecule has 134 valence electrons. The van der Waals surface area contributed by atoms with E-state index in [9.17, 15) is 9.59 Å². The summed E-state index contributed by atoms with van der Waals surface area (Å²) in [7, 11) is 0. The smallest absolute Gasteiger partial charge is 0.307 e. The first-order valence-corrected chi connectivity index (χ1v) is 9.77. The number of rotatable bonds is 8. The van der Waals surface area contributed by atoms with Crippen LogP contribution < -0.4 is 0 Å². The van der Waals surface area contributed by atoms with Gasteiger partial charge < -0.3 is 4.74 Å². The largest absolute Gasteiger partial charge is 0.466 e. The van der Waals surface area contributed by atoms with Gasteiger partial charge in [-0.15, -0.1) is 0 Å². The minimum Gasteiger partial charge on any atom is -0.466 e. The lowest BCUT2D eigenvalue weighted by Crippen LogP contribution is -2.30. The van der Waals surface area contributed by atoms with Crippen molar-refractivity contribution in [2.45, 2.75) is 39.5 Å². The third kappa shape index (κ3) is 5.68. The zero-order valence-corrected chi connectivity index (χ0v) is 16.3. The highest BCUT2D eigenvalue weighted by molar-refractivity contribution is 8.26. The summed E-state index contributed by atoms with van der Waals surface area (Å²) in [5, 5.41) is 0. The van der Waals surface area contributed by atoms with E-state index in [1.54, 1.807) is 0 Å². The Morgan fingerprint density at radius 1 is 1.28 bits per heavy atom. The number of hydrogen-bond donors (Lipinski definition) is 0. The maximum absolute atomic E-state index is 12.5. The highest BCUT2D eigenvalue weighted by Gasteiger charge is 2.32. The Bertz CT molecular complexity index is 668. The zero-order valence-electron chi connectivity index (χ0n) is 14.6.